The molecule has 0 atom stereocenters. The van der Waals surface area contributed by atoms with Crippen LogP contribution in [0.4, 0.5) is 10.1 Å². The molecule has 24 heavy (non-hydrogen) atoms. The van der Waals surface area contributed by atoms with E-state index in [0.717, 1.165) is 0 Å². The fourth-order valence-electron chi connectivity index (χ4n) is 2.16. The summed E-state index contributed by atoms with van der Waals surface area (Å²) in [6.45, 7) is 0. The first kappa shape index (κ1) is 16.2. The highest BCUT2D eigenvalue weighted by Crippen LogP contribution is 2.12. The van der Waals surface area contributed by atoms with E-state index in [1.165, 1.54) is 46.5 Å². The average molecular weight is 343 g/mol. The zero-order valence-corrected chi connectivity index (χ0v) is 13.4. The number of amides is 1. The van der Waals surface area contributed by atoms with Crippen molar-refractivity contribution in [1.82, 2.24) is 9.38 Å². The van der Waals surface area contributed by atoms with Gasteiger partial charge < -0.3 is 5.32 Å². The average Bonchev–Trinajstić information content (AvgIpc) is 2.57. The molecule has 1 amide bonds. The van der Waals surface area contributed by atoms with Crippen molar-refractivity contribution < 1.29 is 9.18 Å². The first-order valence-corrected chi connectivity index (χ1v) is 8.38. The summed E-state index contributed by atoms with van der Waals surface area (Å²) in [6.07, 6.45) is 1.66. The Bertz CT molecular complexity index is 925. The number of fused-ring (bicyclic) bond motifs is 1. The Morgan fingerprint density at radius 2 is 2.00 bits per heavy atom. The van der Waals surface area contributed by atoms with E-state index in [4.69, 9.17) is 0 Å². The molecule has 2 heterocycles. The molecule has 122 valence electrons. The highest BCUT2D eigenvalue weighted by Gasteiger charge is 2.06. The van der Waals surface area contributed by atoms with Gasteiger partial charge in [-0.25, -0.2) is 9.37 Å². The lowest BCUT2D eigenvalue weighted by Gasteiger charge is -2.06. The molecule has 0 radical (unpaired) electrons. The second-order valence-corrected chi connectivity index (χ2v) is 6.05. The molecule has 5 nitrogen and oxygen atoms in total. The van der Waals surface area contributed by atoms with E-state index in [1.807, 2.05) is 6.07 Å². The van der Waals surface area contributed by atoms with Gasteiger partial charge in [-0.05, 0) is 36.4 Å². The van der Waals surface area contributed by atoms with Crippen LogP contribution >= 0.6 is 11.8 Å². The molecule has 0 fully saturated rings. The summed E-state index contributed by atoms with van der Waals surface area (Å²) in [4.78, 5) is 28.2. The van der Waals surface area contributed by atoms with Gasteiger partial charge in [-0.1, -0.05) is 6.07 Å². The molecule has 0 saturated carbocycles. The smallest absolute Gasteiger partial charge is 0.258 e. The van der Waals surface area contributed by atoms with Crippen molar-refractivity contribution >= 4 is 29.0 Å². The molecule has 0 unspecified atom stereocenters. The molecule has 1 aromatic carbocycles. The third-order valence-electron chi connectivity index (χ3n) is 3.24. The summed E-state index contributed by atoms with van der Waals surface area (Å²) in [6, 6.07) is 12.4. The standard InChI is InChI=1S/C17H14FN3O2S/c18-12-4-6-13(7-5-12)20-16(22)11-24-10-14-9-17(23)21-8-2-1-3-15(21)19-14/h1-9H,10-11H2,(H,20,22). The van der Waals surface area contributed by atoms with Crippen LogP contribution in [0.3, 0.4) is 0 Å². The minimum absolute atomic E-state index is 0.146. The molecule has 3 rings (SSSR count). The van der Waals surface area contributed by atoms with Gasteiger partial charge in [0.05, 0.1) is 11.4 Å². The van der Waals surface area contributed by atoms with Crippen LogP contribution in [0, 0.1) is 5.82 Å². The van der Waals surface area contributed by atoms with Crippen molar-refractivity contribution in [1.29, 1.82) is 0 Å². The monoisotopic (exact) mass is 343 g/mol. The quantitative estimate of drug-likeness (QED) is 0.774. The van der Waals surface area contributed by atoms with E-state index in [1.54, 1.807) is 18.3 Å². The predicted molar refractivity (Wildman–Crippen MR) is 92.7 cm³/mol. The Morgan fingerprint density at radius 3 is 2.79 bits per heavy atom. The molecule has 0 spiro atoms. The van der Waals surface area contributed by atoms with Gasteiger partial charge in [0.1, 0.15) is 11.5 Å². The summed E-state index contributed by atoms with van der Waals surface area (Å²) < 4.78 is 14.3. The van der Waals surface area contributed by atoms with Crippen LogP contribution in [0.2, 0.25) is 0 Å². The number of carbonyl (C=O) groups excluding carboxylic acids is 1. The maximum absolute atomic E-state index is 12.8. The highest BCUT2D eigenvalue weighted by atomic mass is 32.2. The molecule has 0 aliphatic heterocycles. The number of hydrogen-bond acceptors (Lipinski definition) is 4. The molecule has 0 aliphatic rings. The van der Waals surface area contributed by atoms with Crippen LogP contribution in [0.5, 0.6) is 0 Å². The lowest BCUT2D eigenvalue weighted by molar-refractivity contribution is -0.113. The highest BCUT2D eigenvalue weighted by molar-refractivity contribution is 7.99. The van der Waals surface area contributed by atoms with Gasteiger partial charge in [-0.3, -0.25) is 14.0 Å². The van der Waals surface area contributed by atoms with Crippen molar-refractivity contribution in [2.24, 2.45) is 0 Å². The summed E-state index contributed by atoms with van der Waals surface area (Å²) in [7, 11) is 0. The second-order valence-electron chi connectivity index (χ2n) is 5.06. The van der Waals surface area contributed by atoms with Crippen molar-refractivity contribution in [3.05, 3.63) is 76.6 Å². The van der Waals surface area contributed by atoms with Gasteiger partial charge in [0.2, 0.25) is 5.91 Å². The maximum atomic E-state index is 12.8. The first-order chi connectivity index (χ1) is 11.6. The van der Waals surface area contributed by atoms with Gasteiger partial charge in [0.15, 0.2) is 0 Å². The molecular weight excluding hydrogens is 329 g/mol. The lowest BCUT2D eigenvalue weighted by atomic mass is 10.3. The number of thioether (sulfide) groups is 1. The second kappa shape index (κ2) is 7.27. The normalized spacial score (nSPS) is 10.7. The fraction of sp³-hybridized carbons (Fsp3) is 0.118. The number of aromatic nitrogens is 2. The Balaban J connectivity index is 1.57. The van der Waals surface area contributed by atoms with E-state index in [2.05, 4.69) is 10.3 Å². The molecular formula is C17H14FN3O2S. The molecule has 0 saturated heterocycles. The van der Waals surface area contributed by atoms with Gasteiger partial charge in [-0.2, -0.15) is 0 Å². The van der Waals surface area contributed by atoms with Crippen molar-refractivity contribution in [2.75, 3.05) is 11.1 Å². The van der Waals surface area contributed by atoms with Crippen LogP contribution in [-0.2, 0) is 10.5 Å². The minimum atomic E-state index is -0.351. The van der Waals surface area contributed by atoms with Crippen molar-refractivity contribution in [3.63, 3.8) is 0 Å². The maximum Gasteiger partial charge on any atom is 0.258 e. The number of carbonyl (C=O) groups is 1. The van der Waals surface area contributed by atoms with Crippen LogP contribution < -0.4 is 10.9 Å². The van der Waals surface area contributed by atoms with Crippen molar-refractivity contribution in [3.8, 4) is 0 Å². The van der Waals surface area contributed by atoms with Crippen molar-refractivity contribution in [2.45, 2.75) is 5.75 Å². The van der Waals surface area contributed by atoms with Crippen LogP contribution in [0.25, 0.3) is 5.65 Å². The number of rotatable bonds is 5. The van der Waals surface area contributed by atoms with E-state index >= 15 is 0 Å². The summed E-state index contributed by atoms with van der Waals surface area (Å²) in [5.74, 6) is 0.130. The Hall–Kier alpha value is -2.67. The molecule has 2 aromatic heterocycles. The number of nitrogens with zero attached hydrogens (tertiary/aromatic N) is 2. The summed E-state index contributed by atoms with van der Waals surface area (Å²) in [5, 5.41) is 2.68. The Labute approximate surface area is 141 Å². The Kier molecular flexibility index (Phi) is 4.90. The molecule has 0 bridgehead atoms. The molecule has 3 aromatic rings. The number of nitrogens with one attached hydrogen (secondary N) is 1. The third kappa shape index (κ3) is 3.99. The lowest BCUT2D eigenvalue weighted by Crippen LogP contribution is -2.16. The zero-order chi connectivity index (χ0) is 16.9. The zero-order valence-electron chi connectivity index (χ0n) is 12.6. The van der Waals surface area contributed by atoms with Gasteiger partial charge in [-0.15, -0.1) is 11.8 Å². The van der Waals surface area contributed by atoms with Crippen LogP contribution in [0.15, 0.2) is 59.5 Å². The summed E-state index contributed by atoms with van der Waals surface area (Å²) in [5.41, 5.74) is 1.61. The largest absolute Gasteiger partial charge is 0.325 e. The van der Waals surface area contributed by atoms with Crippen LogP contribution in [0.1, 0.15) is 5.69 Å². The number of benzene rings is 1. The van der Waals surface area contributed by atoms with Gasteiger partial charge in [0, 0.05) is 23.7 Å². The van der Waals surface area contributed by atoms with Gasteiger partial charge in [0.25, 0.3) is 5.56 Å². The molecule has 0 aliphatic carbocycles. The van der Waals surface area contributed by atoms with Crippen LogP contribution in [-0.4, -0.2) is 21.0 Å². The third-order valence-corrected chi connectivity index (χ3v) is 4.20. The number of hydrogen-bond donors (Lipinski definition) is 1. The first-order valence-electron chi connectivity index (χ1n) is 7.22. The minimum Gasteiger partial charge on any atom is -0.325 e. The Morgan fingerprint density at radius 1 is 1.21 bits per heavy atom. The summed E-state index contributed by atoms with van der Waals surface area (Å²) >= 11 is 1.36. The number of halogens is 1. The fourth-order valence-corrected chi connectivity index (χ4v) is 2.87. The van der Waals surface area contributed by atoms with E-state index < -0.39 is 0 Å². The van der Waals surface area contributed by atoms with Gasteiger partial charge >= 0.3 is 0 Å². The number of anilines is 1. The number of pyridine rings is 1. The molecule has 1 N–H and O–H groups in total. The van der Waals surface area contributed by atoms with E-state index in [9.17, 15) is 14.0 Å². The van der Waals surface area contributed by atoms with E-state index in [0.29, 0.717) is 22.8 Å². The molecule has 7 heteroatoms. The SMILES string of the molecule is O=C(CSCc1cc(=O)n2ccccc2n1)Nc1ccc(F)cc1. The topological polar surface area (TPSA) is 63.5 Å². The predicted octanol–water partition coefficient (Wildman–Crippen LogP) is 2.71. The van der Waals surface area contributed by atoms with E-state index in [-0.39, 0.29) is 23.0 Å².